The lowest BCUT2D eigenvalue weighted by molar-refractivity contribution is -0.119. The number of fused-ring (bicyclic) bond motifs is 2. The fourth-order valence-electron chi connectivity index (χ4n) is 4.80. The summed E-state index contributed by atoms with van der Waals surface area (Å²) in [7, 11) is -2.50. The quantitative estimate of drug-likeness (QED) is 0.610. The molecule has 0 bridgehead atoms. The van der Waals surface area contributed by atoms with Crippen LogP contribution in [0.15, 0.2) is 18.5 Å². The number of aryl methyl sites for hydroxylation is 3. The molecule has 0 radical (unpaired) electrons. The monoisotopic (exact) mass is 459 g/mol. The Hall–Kier alpha value is -2.88. The number of benzene rings is 1. The summed E-state index contributed by atoms with van der Waals surface area (Å²) in [6.07, 6.45) is 9.08. The van der Waals surface area contributed by atoms with Crippen molar-refractivity contribution in [1.29, 1.82) is 0 Å². The SMILES string of the molecule is CC(=O)NCCN(c1cnn(C)c1)S(=O)(=O)NC(=O)Cc1c2c(cc3c1CCC3)CCC2. The van der Waals surface area contributed by atoms with Crippen molar-refractivity contribution in [2.45, 2.75) is 51.9 Å². The van der Waals surface area contributed by atoms with Crippen molar-refractivity contribution in [2.24, 2.45) is 7.05 Å². The molecular formula is C22H29N5O4S. The minimum Gasteiger partial charge on any atom is -0.355 e. The van der Waals surface area contributed by atoms with Crippen LogP contribution in [-0.2, 0) is 59.0 Å². The highest BCUT2D eigenvalue weighted by Crippen LogP contribution is 2.35. The molecule has 0 saturated heterocycles. The molecule has 9 nitrogen and oxygen atoms in total. The van der Waals surface area contributed by atoms with Gasteiger partial charge in [-0.3, -0.25) is 14.3 Å². The number of anilines is 1. The van der Waals surface area contributed by atoms with Gasteiger partial charge in [-0.05, 0) is 66.3 Å². The molecule has 172 valence electrons. The second-order valence-electron chi connectivity index (χ2n) is 8.47. The third-order valence-corrected chi connectivity index (χ3v) is 7.60. The number of nitrogens with one attached hydrogen (secondary N) is 2. The van der Waals surface area contributed by atoms with Gasteiger partial charge in [0.15, 0.2) is 0 Å². The molecule has 0 fully saturated rings. The largest absolute Gasteiger partial charge is 0.355 e. The highest BCUT2D eigenvalue weighted by Gasteiger charge is 2.29. The van der Waals surface area contributed by atoms with Crippen molar-refractivity contribution >= 4 is 27.7 Å². The summed E-state index contributed by atoms with van der Waals surface area (Å²) in [6.45, 7) is 1.45. The van der Waals surface area contributed by atoms with Crippen LogP contribution in [0.25, 0.3) is 0 Å². The van der Waals surface area contributed by atoms with Gasteiger partial charge in [0.1, 0.15) is 0 Å². The van der Waals surface area contributed by atoms with Crippen molar-refractivity contribution in [3.05, 3.63) is 46.3 Å². The summed E-state index contributed by atoms with van der Waals surface area (Å²) >= 11 is 0. The minimum atomic E-state index is -4.18. The maximum absolute atomic E-state index is 13.1. The summed E-state index contributed by atoms with van der Waals surface area (Å²) in [5, 5.41) is 6.62. The lowest BCUT2D eigenvalue weighted by Crippen LogP contribution is -2.47. The molecule has 0 spiro atoms. The second-order valence-corrected chi connectivity index (χ2v) is 10.1. The van der Waals surface area contributed by atoms with E-state index in [9.17, 15) is 18.0 Å². The number of carbonyl (C=O) groups excluding carboxylic acids is 2. The summed E-state index contributed by atoms with van der Waals surface area (Å²) < 4.78 is 31.0. The Kier molecular flexibility index (Phi) is 6.23. The zero-order valence-corrected chi connectivity index (χ0v) is 19.3. The predicted molar refractivity (Wildman–Crippen MR) is 120 cm³/mol. The van der Waals surface area contributed by atoms with Crippen LogP contribution in [0.2, 0.25) is 0 Å². The van der Waals surface area contributed by atoms with Crippen LogP contribution in [0.5, 0.6) is 0 Å². The smallest absolute Gasteiger partial charge is 0.326 e. The van der Waals surface area contributed by atoms with E-state index in [1.165, 1.54) is 40.1 Å². The maximum atomic E-state index is 13.1. The average Bonchev–Trinajstić information content (AvgIpc) is 3.44. The van der Waals surface area contributed by atoms with E-state index >= 15 is 0 Å². The van der Waals surface area contributed by atoms with Crippen LogP contribution < -0.4 is 14.3 Å². The maximum Gasteiger partial charge on any atom is 0.326 e. The fourth-order valence-corrected chi connectivity index (χ4v) is 5.98. The van der Waals surface area contributed by atoms with Gasteiger partial charge in [0, 0.05) is 26.7 Å². The standard InChI is InChI=1S/C22H29N5O4S/c1-15(28)23-9-10-27(18-13-24-26(2)14-18)32(30,31)25-22(29)12-21-19-7-3-5-16(19)11-17-6-4-8-20(17)21/h11,13-14H,3-10,12H2,1-2H3,(H,23,28)(H,25,29). The van der Waals surface area contributed by atoms with Gasteiger partial charge in [-0.15, -0.1) is 0 Å². The molecule has 2 aromatic rings. The molecule has 4 rings (SSSR count). The van der Waals surface area contributed by atoms with Crippen molar-refractivity contribution in [3.63, 3.8) is 0 Å². The lowest BCUT2D eigenvalue weighted by Gasteiger charge is -2.23. The molecule has 2 aliphatic carbocycles. The second kappa shape index (κ2) is 8.93. The van der Waals surface area contributed by atoms with Crippen LogP contribution in [-0.4, -0.2) is 43.1 Å². The van der Waals surface area contributed by atoms with E-state index in [2.05, 4.69) is 21.2 Å². The van der Waals surface area contributed by atoms with E-state index < -0.39 is 16.1 Å². The Morgan fingerprint density at radius 3 is 2.34 bits per heavy atom. The number of hydrogen-bond donors (Lipinski definition) is 2. The Morgan fingerprint density at radius 1 is 1.12 bits per heavy atom. The Balaban J connectivity index is 1.54. The van der Waals surface area contributed by atoms with Gasteiger partial charge in [-0.2, -0.15) is 13.5 Å². The van der Waals surface area contributed by atoms with Gasteiger partial charge in [-0.25, -0.2) is 9.03 Å². The van der Waals surface area contributed by atoms with Crippen LogP contribution in [0, 0.1) is 0 Å². The van der Waals surface area contributed by atoms with Crippen molar-refractivity contribution in [2.75, 3.05) is 17.4 Å². The Labute approximate surface area is 188 Å². The van der Waals surface area contributed by atoms with Crippen LogP contribution in [0.3, 0.4) is 0 Å². The van der Waals surface area contributed by atoms with E-state index in [4.69, 9.17) is 0 Å². The molecule has 0 aliphatic heterocycles. The zero-order chi connectivity index (χ0) is 22.9. The highest BCUT2D eigenvalue weighted by atomic mass is 32.2. The molecule has 0 unspecified atom stereocenters. The van der Waals surface area contributed by atoms with Gasteiger partial charge < -0.3 is 5.32 Å². The van der Waals surface area contributed by atoms with Crippen LogP contribution in [0.1, 0.15) is 47.6 Å². The van der Waals surface area contributed by atoms with Crippen molar-refractivity contribution < 1.29 is 18.0 Å². The molecule has 10 heteroatoms. The number of nitrogens with zero attached hydrogens (tertiary/aromatic N) is 3. The van der Waals surface area contributed by atoms with Gasteiger partial charge >= 0.3 is 10.2 Å². The zero-order valence-electron chi connectivity index (χ0n) is 18.5. The van der Waals surface area contributed by atoms with Crippen LogP contribution >= 0.6 is 0 Å². The van der Waals surface area contributed by atoms with E-state index in [-0.39, 0.29) is 25.4 Å². The number of hydrogen-bond acceptors (Lipinski definition) is 5. The number of amides is 2. The number of carbonyl (C=O) groups is 2. The summed E-state index contributed by atoms with van der Waals surface area (Å²) in [6, 6.07) is 2.29. The van der Waals surface area contributed by atoms with Gasteiger partial charge in [0.05, 0.1) is 24.8 Å². The normalized spacial score (nSPS) is 14.7. The molecule has 2 aliphatic rings. The molecular weight excluding hydrogens is 430 g/mol. The summed E-state index contributed by atoms with van der Waals surface area (Å²) in [5.41, 5.74) is 6.42. The molecule has 0 atom stereocenters. The van der Waals surface area contributed by atoms with Crippen molar-refractivity contribution in [1.82, 2.24) is 19.8 Å². The molecule has 1 heterocycles. The third-order valence-electron chi connectivity index (χ3n) is 6.14. The third kappa shape index (κ3) is 4.64. The lowest BCUT2D eigenvalue weighted by atomic mass is 9.92. The molecule has 1 aromatic heterocycles. The molecule has 1 aromatic carbocycles. The van der Waals surface area contributed by atoms with Crippen LogP contribution in [0.4, 0.5) is 5.69 Å². The average molecular weight is 460 g/mol. The topological polar surface area (TPSA) is 113 Å². The van der Waals surface area contributed by atoms with E-state index in [0.29, 0.717) is 5.69 Å². The Morgan fingerprint density at radius 2 is 1.78 bits per heavy atom. The molecule has 2 amide bonds. The fraction of sp³-hybridized carbons (Fsp3) is 0.500. The van der Waals surface area contributed by atoms with Gasteiger partial charge in [-0.1, -0.05) is 6.07 Å². The Bertz CT molecular complexity index is 1120. The first-order chi connectivity index (χ1) is 15.2. The summed E-state index contributed by atoms with van der Waals surface area (Å²) in [5.74, 6) is -0.808. The predicted octanol–water partition coefficient (Wildman–Crippen LogP) is 0.944. The number of rotatable bonds is 8. The first kappa shape index (κ1) is 22.3. The van der Waals surface area contributed by atoms with Crippen molar-refractivity contribution in [3.8, 4) is 0 Å². The summed E-state index contributed by atoms with van der Waals surface area (Å²) in [4.78, 5) is 24.2. The first-order valence-corrected chi connectivity index (χ1v) is 12.4. The molecule has 32 heavy (non-hydrogen) atoms. The first-order valence-electron chi connectivity index (χ1n) is 11.0. The van der Waals surface area contributed by atoms with E-state index in [1.54, 1.807) is 13.2 Å². The molecule has 2 N–H and O–H groups in total. The molecule has 0 saturated carbocycles. The number of aromatic nitrogens is 2. The van der Waals surface area contributed by atoms with E-state index in [0.717, 1.165) is 48.4 Å². The highest BCUT2D eigenvalue weighted by molar-refractivity contribution is 7.91. The van der Waals surface area contributed by atoms with Gasteiger partial charge in [0.25, 0.3) is 0 Å². The van der Waals surface area contributed by atoms with Gasteiger partial charge in [0.2, 0.25) is 11.8 Å². The minimum absolute atomic E-state index is 0.0238. The van der Waals surface area contributed by atoms with E-state index in [1.807, 2.05) is 0 Å².